The van der Waals surface area contributed by atoms with Crippen molar-refractivity contribution in [1.29, 1.82) is 0 Å². The number of ether oxygens (including phenoxy) is 1. The quantitative estimate of drug-likeness (QED) is 0.264. The standard InChI is InChI=1S/C41H57N3O3/c1-9-47-33(45)25-42-36(46)41-20-17-26(2)27(3)34(41)30-15-16-32-38(6)23-28-24-43-44(29-13-11-10-12-14-29)35(28)37(4,5)31(38)18-19-40(32,8)39(30,7)21-22-41/h10-15,24,26-27,31-32,34H,9,16-23,25H2,1-8H3,(H,42,46)/t26-,27+,31+,32-,34+,38+,39-,40-,41+/m1/s1. The molecular weight excluding hydrogens is 582 g/mol. The summed E-state index contributed by atoms with van der Waals surface area (Å²) in [6.45, 7) is 19.7. The van der Waals surface area contributed by atoms with E-state index in [9.17, 15) is 9.59 Å². The molecule has 1 aromatic carbocycles. The SMILES string of the molecule is CCOC(=O)CNC(=O)[C@]12CC[C@@H](C)[C@H](C)[C@H]1C1=CC[C@@H]3[C@@]4(C)Cc5cnn(-c6ccccc6)c5C(C)(C)[C@@H]4CC[C@@]3(C)[C@]1(C)CC2. The molecule has 254 valence electrons. The second-order valence-electron chi connectivity index (χ2n) is 17.5. The smallest absolute Gasteiger partial charge is 0.325 e. The van der Waals surface area contributed by atoms with E-state index in [0.717, 1.165) is 44.2 Å². The van der Waals surface area contributed by atoms with Crippen LogP contribution in [0.15, 0.2) is 48.2 Å². The zero-order chi connectivity index (χ0) is 33.6. The number of allylic oxidation sites excluding steroid dienone is 2. The van der Waals surface area contributed by atoms with Gasteiger partial charge in [-0.1, -0.05) is 78.3 Å². The van der Waals surface area contributed by atoms with Crippen LogP contribution in [0.25, 0.3) is 5.69 Å². The molecule has 5 aliphatic rings. The Morgan fingerprint density at radius 2 is 1.72 bits per heavy atom. The summed E-state index contributed by atoms with van der Waals surface area (Å²) in [5, 5.41) is 8.08. The number of amides is 1. The number of rotatable bonds is 5. The predicted octanol–water partition coefficient (Wildman–Crippen LogP) is 8.22. The lowest BCUT2D eigenvalue weighted by Gasteiger charge is -2.71. The van der Waals surface area contributed by atoms with Crippen molar-refractivity contribution < 1.29 is 14.3 Å². The lowest BCUT2D eigenvalue weighted by atomic mass is 9.33. The topological polar surface area (TPSA) is 73.2 Å². The van der Waals surface area contributed by atoms with Gasteiger partial charge in [-0.2, -0.15) is 5.10 Å². The lowest BCUT2D eigenvalue weighted by Crippen LogP contribution is -2.66. The number of nitrogens with one attached hydrogen (secondary N) is 1. The number of para-hydroxylation sites is 1. The minimum absolute atomic E-state index is 0.00699. The van der Waals surface area contributed by atoms with Crippen LogP contribution in [0.4, 0.5) is 0 Å². The molecule has 5 aliphatic carbocycles. The minimum atomic E-state index is -0.457. The van der Waals surface area contributed by atoms with Gasteiger partial charge in [0.25, 0.3) is 0 Å². The van der Waals surface area contributed by atoms with E-state index in [1.165, 1.54) is 24.1 Å². The van der Waals surface area contributed by atoms with Crippen LogP contribution in [-0.4, -0.2) is 34.8 Å². The van der Waals surface area contributed by atoms with Gasteiger partial charge in [-0.25, -0.2) is 4.68 Å². The van der Waals surface area contributed by atoms with E-state index in [-0.39, 0.29) is 46.0 Å². The van der Waals surface area contributed by atoms with E-state index in [4.69, 9.17) is 9.84 Å². The van der Waals surface area contributed by atoms with Gasteiger partial charge < -0.3 is 10.1 Å². The molecule has 0 spiro atoms. The van der Waals surface area contributed by atoms with Crippen LogP contribution in [-0.2, 0) is 26.2 Å². The van der Waals surface area contributed by atoms with Crippen molar-refractivity contribution in [2.45, 2.75) is 112 Å². The fourth-order valence-electron chi connectivity index (χ4n) is 12.8. The van der Waals surface area contributed by atoms with E-state index in [2.05, 4.69) is 101 Å². The summed E-state index contributed by atoms with van der Waals surface area (Å²) >= 11 is 0. The Labute approximate surface area is 282 Å². The normalized spacial score (nSPS) is 40.0. The summed E-state index contributed by atoms with van der Waals surface area (Å²) in [6.07, 6.45) is 13.2. The molecule has 1 aromatic heterocycles. The highest BCUT2D eigenvalue weighted by atomic mass is 16.5. The molecule has 2 aromatic rings. The maximum atomic E-state index is 14.2. The first-order chi connectivity index (χ1) is 22.2. The van der Waals surface area contributed by atoms with Crippen LogP contribution in [0.5, 0.6) is 0 Å². The predicted molar refractivity (Wildman–Crippen MR) is 186 cm³/mol. The van der Waals surface area contributed by atoms with E-state index < -0.39 is 5.41 Å². The summed E-state index contributed by atoms with van der Waals surface area (Å²) in [6, 6.07) is 10.7. The van der Waals surface area contributed by atoms with Crippen LogP contribution >= 0.6 is 0 Å². The Kier molecular flexibility index (Phi) is 7.69. The molecule has 1 amide bonds. The van der Waals surface area contributed by atoms with E-state index >= 15 is 0 Å². The summed E-state index contributed by atoms with van der Waals surface area (Å²) < 4.78 is 7.39. The second-order valence-corrected chi connectivity index (χ2v) is 17.5. The van der Waals surface area contributed by atoms with Crippen LogP contribution < -0.4 is 5.32 Å². The Bertz CT molecular complexity index is 1590. The van der Waals surface area contributed by atoms with Gasteiger partial charge in [0, 0.05) is 5.41 Å². The summed E-state index contributed by atoms with van der Waals surface area (Å²) in [5.74, 6) is 2.00. The number of hydrogen-bond acceptors (Lipinski definition) is 4. The van der Waals surface area contributed by atoms with Crippen molar-refractivity contribution in [3.63, 3.8) is 0 Å². The molecule has 1 N–H and O–H groups in total. The first-order valence-electron chi connectivity index (χ1n) is 18.5. The molecule has 0 aliphatic heterocycles. The van der Waals surface area contributed by atoms with Gasteiger partial charge in [0.1, 0.15) is 6.54 Å². The third kappa shape index (κ3) is 4.44. The van der Waals surface area contributed by atoms with E-state index in [0.29, 0.717) is 30.3 Å². The van der Waals surface area contributed by atoms with Crippen molar-refractivity contribution >= 4 is 11.9 Å². The van der Waals surface area contributed by atoms with Gasteiger partial charge >= 0.3 is 5.97 Å². The van der Waals surface area contributed by atoms with E-state index in [1.807, 2.05) is 6.92 Å². The van der Waals surface area contributed by atoms with Gasteiger partial charge in [0.15, 0.2) is 0 Å². The van der Waals surface area contributed by atoms with Crippen molar-refractivity contribution in [2.24, 2.45) is 51.2 Å². The molecule has 1 heterocycles. The monoisotopic (exact) mass is 639 g/mol. The van der Waals surface area contributed by atoms with Crippen LogP contribution in [0.2, 0.25) is 0 Å². The van der Waals surface area contributed by atoms with Crippen LogP contribution in [0.3, 0.4) is 0 Å². The fraction of sp³-hybridized carbons (Fsp3) is 0.683. The lowest BCUT2D eigenvalue weighted by molar-refractivity contribution is -0.170. The number of esters is 1. The summed E-state index contributed by atoms with van der Waals surface area (Å²) in [4.78, 5) is 26.5. The number of carbonyl (C=O) groups excluding carboxylic acids is 2. The molecule has 6 nitrogen and oxygen atoms in total. The largest absolute Gasteiger partial charge is 0.465 e. The number of nitrogens with zero attached hydrogens (tertiary/aromatic N) is 2. The molecule has 0 saturated heterocycles. The Hall–Kier alpha value is -2.89. The molecule has 3 fully saturated rings. The van der Waals surface area contributed by atoms with Gasteiger partial charge in [0.2, 0.25) is 5.91 Å². The molecule has 9 atom stereocenters. The van der Waals surface area contributed by atoms with Gasteiger partial charge in [-0.3, -0.25) is 9.59 Å². The zero-order valence-electron chi connectivity index (χ0n) is 30.1. The average Bonchev–Trinajstić information content (AvgIpc) is 3.47. The minimum Gasteiger partial charge on any atom is -0.465 e. The van der Waals surface area contributed by atoms with E-state index in [1.54, 1.807) is 5.57 Å². The highest BCUT2D eigenvalue weighted by Gasteiger charge is 2.69. The van der Waals surface area contributed by atoms with Gasteiger partial charge in [-0.05, 0) is 122 Å². The highest BCUT2D eigenvalue weighted by molar-refractivity contribution is 5.87. The highest BCUT2D eigenvalue weighted by Crippen LogP contribution is 2.75. The fourth-order valence-corrected chi connectivity index (χ4v) is 12.8. The maximum absolute atomic E-state index is 14.2. The molecule has 7 rings (SSSR count). The molecule has 0 radical (unpaired) electrons. The molecular formula is C41H57N3O3. The Balaban J connectivity index is 1.27. The van der Waals surface area contributed by atoms with Crippen molar-refractivity contribution in [2.75, 3.05) is 13.2 Å². The molecule has 3 saturated carbocycles. The number of carbonyl (C=O) groups is 2. The van der Waals surface area contributed by atoms with Gasteiger partial charge in [0.05, 0.1) is 29.6 Å². The van der Waals surface area contributed by atoms with Crippen molar-refractivity contribution in [3.05, 3.63) is 59.4 Å². The molecule has 0 bridgehead atoms. The van der Waals surface area contributed by atoms with Gasteiger partial charge in [-0.15, -0.1) is 0 Å². The molecule has 0 unspecified atom stereocenters. The molecule has 6 heteroatoms. The number of fused-ring (bicyclic) bond motifs is 8. The zero-order valence-corrected chi connectivity index (χ0v) is 30.1. The van der Waals surface area contributed by atoms with Crippen molar-refractivity contribution in [1.82, 2.24) is 15.1 Å². The number of aromatic nitrogens is 2. The third-order valence-electron chi connectivity index (χ3n) is 15.3. The first-order valence-corrected chi connectivity index (χ1v) is 18.5. The molecule has 47 heavy (non-hydrogen) atoms. The second kappa shape index (κ2) is 11.1. The Morgan fingerprint density at radius 3 is 2.45 bits per heavy atom. The van der Waals surface area contributed by atoms with Crippen LogP contribution in [0.1, 0.15) is 112 Å². The van der Waals surface area contributed by atoms with Crippen molar-refractivity contribution in [3.8, 4) is 5.69 Å². The average molecular weight is 640 g/mol. The Morgan fingerprint density at radius 1 is 0.979 bits per heavy atom. The summed E-state index contributed by atoms with van der Waals surface area (Å²) in [7, 11) is 0. The summed E-state index contributed by atoms with van der Waals surface area (Å²) in [5.41, 5.74) is 5.37. The third-order valence-corrected chi connectivity index (χ3v) is 15.3. The van der Waals surface area contributed by atoms with Crippen LogP contribution in [0, 0.1) is 51.2 Å². The number of benzene rings is 1. The first kappa shape index (κ1) is 32.6. The number of hydrogen-bond donors (Lipinski definition) is 1. The maximum Gasteiger partial charge on any atom is 0.325 e.